The summed E-state index contributed by atoms with van der Waals surface area (Å²) in [6, 6.07) is 4.08. The van der Waals surface area contributed by atoms with Crippen molar-refractivity contribution in [1.29, 1.82) is 0 Å². The molecule has 0 spiro atoms. The summed E-state index contributed by atoms with van der Waals surface area (Å²) in [4.78, 5) is 0. The topological polar surface area (TPSA) is 18.5 Å². The van der Waals surface area contributed by atoms with Crippen LogP contribution in [0.25, 0.3) is 11.1 Å². The first-order valence-electron chi connectivity index (χ1n) is 5.46. The van der Waals surface area contributed by atoms with E-state index in [1.165, 1.54) is 14.2 Å². The van der Waals surface area contributed by atoms with E-state index in [2.05, 4.69) is 0 Å². The van der Waals surface area contributed by atoms with Crippen LogP contribution in [-0.4, -0.2) is 14.2 Å². The Morgan fingerprint density at radius 1 is 0.850 bits per heavy atom. The van der Waals surface area contributed by atoms with Gasteiger partial charge in [-0.1, -0.05) is 0 Å². The molecule has 2 aromatic rings. The molecule has 0 aliphatic heterocycles. The molecule has 1 radical (unpaired) electrons. The van der Waals surface area contributed by atoms with Gasteiger partial charge < -0.3 is 9.47 Å². The second kappa shape index (κ2) is 5.40. The van der Waals surface area contributed by atoms with E-state index in [4.69, 9.17) is 9.47 Å². The highest BCUT2D eigenvalue weighted by Gasteiger charge is 2.22. The van der Waals surface area contributed by atoms with Crippen molar-refractivity contribution in [2.24, 2.45) is 0 Å². The lowest BCUT2D eigenvalue weighted by molar-refractivity contribution is 0.400. The molecule has 2 aromatic carbocycles. The van der Waals surface area contributed by atoms with Crippen molar-refractivity contribution < 1.29 is 27.0 Å². The van der Waals surface area contributed by atoms with Crippen LogP contribution in [0.2, 0.25) is 0 Å². The highest BCUT2D eigenvalue weighted by molar-refractivity contribution is 5.77. The minimum absolute atomic E-state index is 0.236. The average molecular weight is 285 g/mol. The van der Waals surface area contributed by atoms with Crippen LogP contribution in [-0.2, 0) is 0 Å². The Bertz CT molecular complexity index is 599. The molecule has 0 saturated heterocycles. The van der Waals surface area contributed by atoms with Crippen LogP contribution < -0.4 is 9.47 Å². The van der Waals surface area contributed by atoms with Crippen LogP contribution in [0.1, 0.15) is 0 Å². The summed E-state index contributed by atoms with van der Waals surface area (Å²) in [6.45, 7) is 0. The first-order valence-corrected chi connectivity index (χ1v) is 5.46. The normalized spacial score (nSPS) is 10.5. The number of ether oxygens (including phenoxy) is 2. The summed E-state index contributed by atoms with van der Waals surface area (Å²) in [5.41, 5.74) is -0.747. The fourth-order valence-electron chi connectivity index (χ4n) is 1.85. The van der Waals surface area contributed by atoms with Gasteiger partial charge in [0.25, 0.3) is 0 Å². The molecule has 20 heavy (non-hydrogen) atoms. The zero-order chi connectivity index (χ0) is 14.9. The first kappa shape index (κ1) is 14.2. The Labute approximate surface area is 112 Å². The number of methoxy groups -OCH3 is 2. The molecule has 2 rings (SSSR count). The van der Waals surface area contributed by atoms with Gasteiger partial charge in [0.05, 0.1) is 31.4 Å². The molecule has 2 nitrogen and oxygen atoms in total. The Kier molecular flexibility index (Phi) is 3.83. The molecule has 0 aliphatic rings. The lowest BCUT2D eigenvalue weighted by Gasteiger charge is -2.14. The van der Waals surface area contributed by atoms with E-state index < -0.39 is 23.3 Å². The molecule has 0 aliphatic carbocycles. The van der Waals surface area contributed by atoms with Crippen molar-refractivity contribution >= 4 is 0 Å². The Morgan fingerprint density at radius 3 is 2.05 bits per heavy atom. The van der Waals surface area contributed by atoms with E-state index >= 15 is 0 Å². The zero-order valence-electron chi connectivity index (χ0n) is 10.6. The lowest BCUT2D eigenvalue weighted by Crippen LogP contribution is -1.99. The fourth-order valence-corrected chi connectivity index (χ4v) is 1.85. The van der Waals surface area contributed by atoms with Crippen LogP contribution in [0.15, 0.2) is 18.2 Å². The smallest absolute Gasteiger partial charge is 0.145 e. The molecule has 0 heterocycles. The predicted octanol–water partition coefficient (Wildman–Crippen LogP) is 3.73. The quantitative estimate of drug-likeness (QED) is 0.800. The van der Waals surface area contributed by atoms with Gasteiger partial charge in [0.2, 0.25) is 0 Å². The molecule has 0 fully saturated rings. The Balaban J connectivity index is 2.81. The van der Waals surface area contributed by atoms with Crippen molar-refractivity contribution in [3.8, 4) is 22.6 Å². The molecular formula is C14H9F4O2. The zero-order valence-corrected chi connectivity index (χ0v) is 10.6. The predicted molar refractivity (Wildman–Crippen MR) is 63.7 cm³/mol. The van der Waals surface area contributed by atoms with E-state index in [0.717, 1.165) is 12.1 Å². The largest absolute Gasteiger partial charge is 0.496 e. The van der Waals surface area contributed by atoms with Crippen molar-refractivity contribution in [1.82, 2.24) is 0 Å². The molecule has 0 N–H and O–H groups in total. The number of hydrogen-bond acceptors (Lipinski definition) is 2. The molecule has 0 amide bonds. The summed E-state index contributed by atoms with van der Waals surface area (Å²) in [6.07, 6.45) is 0. The van der Waals surface area contributed by atoms with Gasteiger partial charge >= 0.3 is 0 Å². The van der Waals surface area contributed by atoms with Gasteiger partial charge in [-0.25, -0.2) is 17.6 Å². The van der Waals surface area contributed by atoms with Crippen molar-refractivity contribution in [3.63, 3.8) is 0 Å². The maximum Gasteiger partial charge on any atom is 0.145 e. The van der Waals surface area contributed by atoms with E-state index in [-0.39, 0.29) is 22.6 Å². The second-order valence-electron chi connectivity index (χ2n) is 3.84. The van der Waals surface area contributed by atoms with Crippen molar-refractivity contribution in [2.75, 3.05) is 14.2 Å². The number of rotatable bonds is 3. The van der Waals surface area contributed by atoms with Gasteiger partial charge in [-0.3, -0.25) is 0 Å². The monoisotopic (exact) mass is 285 g/mol. The molecular weight excluding hydrogens is 276 g/mol. The van der Waals surface area contributed by atoms with Crippen LogP contribution in [0.4, 0.5) is 17.6 Å². The molecule has 0 unspecified atom stereocenters. The van der Waals surface area contributed by atoms with Gasteiger partial charge in [0.15, 0.2) is 0 Å². The summed E-state index contributed by atoms with van der Waals surface area (Å²) < 4.78 is 63.7. The molecule has 0 bridgehead atoms. The number of benzene rings is 2. The minimum atomic E-state index is -1.16. The fraction of sp³-hybridized carbons (Fsp3) is 0.143. The molecule has 0 aromatic heterocycles. The third-order valence-corrected chi connectivity index (χ3v) is 2.66. The Morgan fingerprint density at radius 2 is 1.45 bits per heavy atom. The maximum atomic E-state index is 13.9. The summed E-state index contributed by atoms with van der Waals surface area (Å²) in [5.74, 6) is -4.58. The number of halogens is 4. The molecule has 0 saturated carbocycles. The molecule has 6 heteroatoms. The summed E-state index contributed by atoms with van der Waals surface area (Å²) >= 11 is 0. The molecule has 105 valence electrons. The van der Waals surface area contributed by atoms with Crippen LogP contribution in [0, 0.1) is 29.3 Å². The highest BCUT2D eigenvalue weighted by atomic mass is 19.1. The van der Waals surface area contributed by atoms with Gasteiger partial charge in [-0.05, 0) is 0 Å². The Hall–Kier alpha value is -2.24. The van der Waals surface area contributed by atoms with Crippen molar-refractivity contribution in [2.45, 2.75) is 0 Å². The van der Waals surface area contributed by atoms with E-state index in [1.807, 2.05) is 0 Å². The SMILES string of the molecule is COc1cc(F)[c]c(F)c1-c1c(F)cc(F)cc1OC. The van der Waals surface area contributed by atoms with Crippen LogP contribution >= 0.6 is 0 Å². The summed E-state index contributed by atoms with van der Waals surface area (Å²) in [5, 5.41) is 0. The third kappa shape index (κ3) is 2.41. The standard InChI is InChI=1S/C14H9F4O2/c1-19-11-5-7(15)3-9(17)13(11)14-10(18)4-8(16)6-12(14)20-2/h3,5-6H,1-2H3. The van der Waals surface area contributed by atoms with Gasteiger partial charge in [0.1, 0.15) is 34.8 Å². The van der Waals surface area contributed by atoms with Gasteiger partial charge in [-0.15, -0.1) is 0 Å². The first-order chi connectivity index (χ1) is 9.47. The van der Waals surface area contributed by atoms with Gasteiger partial charge in [-0.2, -0.15) is 0 Å². The number of hydrogen-bond donors (Lipinski definition) is 0. The lowest BCUT2D eigenvalue weighted by atomic mass is 10.0. The van der Waals surface area contributed by atoms with E-state index in [9.17, 15) is 17.6 Å². The highest BCUT2D eigenvalue weighted by Crippen LogP contribution is 2.40. The minimum Gasteiger partial charge on any atom is -0.496 e. The average Bonchev–Trinajstić information content (AvgIpc) is 2.38. The molecule has 0 atom stereocenters. The van der Waals surface area contributed by atoms with Crippen molar-refractivity contribution in [3.05, 3.63) is 47.5 Å². The van der Waals surface area contributed by atoms with Crippen LogP contribution in [0.5, 0.6) is 11.5 Å². The maximum absolute atomic E-state index is 13.9. The summed E-state index contributed by atoms with van der Waals surface area (Å²) in [7, 11) is 2.35. The van der Waals surface area contributed by atoms with E-state index in [1.54, 1.807) is 6.07 Å². The third-order valence-electron chi connectivity index (χ3n) is 2.66. The second-order valence-corrected chi connectivity index (χ2v) is 3.84. The van der Waals surface area contributed by atoms with E-state index in [0.29, 0.717) is 6.07 Å². The van der Waals surface area contributed by atoms with Gasteiger partial charge in [0, 0.05) is 18.2 Å². The van der Waals surface area contributed by atoms with Crippen LogP contribution in [0.3, 0.4) is 0 Å².